The van der Waals surface area contributed by atoms with Gasteiger partial charge in [0.1, 0.15) is 5.75 Å². The molecule has 0 aliphatic carbocycles. The summed E-state index contributed by atoms with van der Waals surface area (Å²) < 4.78 is 7.42. The molecule has 0 saturated heterocycles. The lowest BCUT2D eigenvalue weighted by atomic mass is 10.1. The van der Waals surface area contributed by atoms with E-state index < -0.39 is 0 Å². The largest absolute Gasteiger partial charge is 0.497 e. The number of aromatic nitrogens is 4. The van der Waals surface area contributed by atoms with Crippen molar-refractivity contribution in [3.63, 3.8) is 0 Å². The van der Waals surface area contributed by atoms with Gasteiger partial charge in [0, 0.05) is 0 Å². The highest BCUT2D eigenvalue weighted by atomic mass is 32.2. The summed E-state index contributed by atoms with van der Waals surface area (Å²) in [4.78, 5) is 16.7. The number of hydrogen-bond donors (Lipinski definition) is 3. The van der Waals surface area contributed by atoms with Crippen LogP contribution in [0.4, 0.5) is 11.1 Å². The predicted molar refractivity (Wildman–Crippen MR) is 128 cm³/mol. The van der Waals surface area contributed by atoms with E-state index in [2.05, 4.69) is 31.0 Å². The summed E-state index contributed by atoms with van der Waals surface area (Å²) >= 11 is 2.59. The van der Waals surface area contributed by atoms with Crippen molar-refractivity contribution in [3.8, 4) is 5.75 Å². The fourth-order valence-corrected chi connectivity index (χ4v) is 4.23. The first-order valence-corrected chi connectivity index (χ1v) is 11.3. The van der Waals surface area contributed by atoms with Crippen LogP contribution in [0.5, 0.6) is 5.75 Å². The summed E-state index contributed by atoms with van der Waals surface area (Å²) in [6.45, 7) is 1.86. The number of nitrogen functional groups attached to an aromatic ring is 1. The molecule has 0 radical (unpaired) electrons. The van der Waals surface area contributed by atoms with Gasteiger partial charge in [-0.05, 0) is 48.9 Å². The molecule has 0 unspecified atom stereocenters. The molecule has 32 heavy (non-hydrogen) atoms. The molecule has 12 heteroatoms. The third kappa shape index (κ3) is 4.98. The van der Waals surface area contributed by atoms with Gasteiger partial charge in [0.25, 0.3) is 5.95 Å². The number of para-hydroxylation sites is 1. The molecule has 2 aromatic heterocycles. The summed E-state index contributed by atoms with van der Waals surface area (Å²) in [7, 11) is 1.62. The van der Waals surface area contributed by atoms with Crippen LogP contribution in [0.3, 0.4) is 0 Å². The SMILES string of the molecule is COc1ccc(/C(C)=N/Nc2nnc(SCC(=O)Nc3nc4ccccc4s3)n2N)cc1. The van der Waals surface area contributed by atoms with Gasteiger partial charge in [-0.3, -0.25) is 4.79 Å². The Morgan fingerprint density at radius 3 is 2.75 bits per heavy atom. The van der Waals surface area contributed by atoms with Crippen LogP contribution in [0.2, 0.25) is 0 Å². The van der Waals surface area contributed by atoms with Crippen LogP contribution < -0.4 is 21.3 Å². The Bertz CT molecular complexity index is 1230. The number of benzene rings is 2. The second-order valence-corrected chi connectivity index (χ2v) is 8.51. The number of fused-ring (bicyclic) bond motifs is 1. The first-order valence-electron chi connectivity index (χ1n) is 9.47. The van der Waals surface area contributed by atoms with Gasteiger partial charge < -0.3 is 15.9 Å². The summed E-state index contributed by atoms with van der Waals surface area (Å²) in [5.74, 6) is 6.96. The Morgan fingerprint density at radius 2 is 2.00 bits per heavy atom. The number of rotatable bonds is 8. The van der Waals surface area contributed by atoms with Crippen LogP contribution in [-0.4, -0.2) is 44.3 Å². The van der Waals surface area contributed by atoms with E-state index in [4.69, 9.17) is 10.6 Å². The average Bonchev–Trinajstić information content (AvgIpc) is 3.38. The highest BCUT2D eigenvalue weighted by Crippen LogP contribution is 2.26. The number of carbonyl (C=O) groups is 1. The Morgan fingerprint density at radius 1 is 1.22 bits per heavy atom. The predicted octanol–water partition coefficient (Wildman–Crippen LogP) is 3.18. The molecule has 4 rings (SSSR count). The molecule has 164 valence electrons. The molecule has 2 aromatic carbocycles. The highest BCUT2D eigenvalue weighted by Gasteiger charge is 2.13. The Balaban J connectivity index is 1.33. The number of nitrogens with one attached hydrogen (secondary N) is 2. The second kappa shape index (κ2) is 9.66. The molecule has 4 N–H and O–H groups in total. The number of nitrogens with zero attached hydrogens (tertiary/aromatic N) is 5. The lowest BCUT2D eigenvalue weighted by Crippen LogP contribution is -2.17. The first kappa shape index (κ1) is 21.6. The lowest BCUT2D eigenvalue weighted by molar-refractivity contribution is -0.113. The summed E-state index contributed by atoms with van der Waals surface area (Å²) in [5, 5.41) is 16.0. The normalized spacial score (nSPS) is 11.5. The zero-order valence-electron chi connectivity index (χ0n) is 17.3. The van der Waals surface area contributed by atoms with Gasteiger partial charge in [0.15, 0.2) is 5.13 Å². The molecular formula is C20H20N8O2S2. The molecule has 10 nitrogen and oxygen atoms in total. The number of carbonyl (C=O) groups excluding carboxylic acids is 1. The molecule has 0 aliphatic heterocycles. The molecular weight excluding hydrogens is 448 g/mol. The average molecular weight is 469 g/mol. The van der Waals surface area contributed by atoms with E-state index in [1.54, 1.807) is 7.11 Å². The summed E-state index contributed by atoms with van der Waals surface area (Å²) in [5.41, 5.74) is 5.31. The van der Waals surface area contributed by atoms with Crippen molar-refractivity contribution in [2.24, 2.45) is 5.10 Å². The van der Waals surface area contributed by atoms with Gasteiger partial charge in [0.2, 0.25) is 11.1 Å². The standard InChI is InChI=1S/C20H20N8O2S2/c1-12(13-7-9-14(30-2)10-8-13)24-25-18-26-27-20(28(18)21)31-11-17(29)23-19-22-15-5-3-4-6-16(15)32-19/h3-10H,11,21H2,1-2H3,(H,25,26)(H,22,23,29)/b24-12+. The van der Waals surface area contributed by atoms with E-state index in [1.807, 2.05) is 55.5 Å². The van der Waals surface area contributed by atoms with Gasteiger partial charge in [0.05, 0.1) is 28.8 Å². The Labute approximate surface area is 191 Å². The lowest BCUT2D eigenvalue weighted by Gasteiger charge is -2.05. The minimum absolute atomic E-state index is 0.111. The molecule has 2 heterocycles. The van der Waals surface area contributed by atoms with Crippen LogP contribution in [-0.2, 0) is 4.79 Å². The van der Waals surface area contributed by atoms with Crippen molar-refractivity contribution < 1.29 is 9.53 Å². The number of amides is 1. The molecule has 0 spiro atoms. The van der Waals surface area contributed by atoms with Crippen molar-refractivity contribution in [2.45, 2.75) is 12.1 Å². The third-order valence-electron chi connectivity index (χ3n) is 4.37. The number of nitrogens with two attached hydrogens (primary N) is 1. The monoisotopic (exact) mass is 468 g/mol. The van der Waals surface area contributed by atoms with E-state index in [9.17, 15) is 4.79 Å². The van der Waals surface area contributed by atoms with Crippen LogP contribution in [0.25, 0.3) is 10.2 Å². The number of thiazole rings is 1. The minimum Gasteiger partial charge on any atom is -0.497 e. The van der Waals surface area contributed by atoms with Crippen molar-refractivity contribution >= 4 is 56.0 Å². The van der Waals surface area contributed by atoms with Crippen molar-refractivity contribution in [3.05, 3.63) is 54.1 Å². The maximum absolute atomic E-state index is 12.3. The van der Waals surface area contributed by atoms with Gasteiger partial charge in [-0.1, -0.05) is 35.2 Å². The number of hydrazone groups is 1. The van der Waals surface area contributed by atoms with E-state index in [0.717, 1.165) is 39.0 Å². The molecule has 0 aliphatic rings. The smallest absolute Gasteiger partial charge is 0.264 e. The Hall–Kier alpha value is -3.64. The van der Waals surface area contributed by atoms with Gasteiger partial charge in [-0.25, -0.2) is 15.1 Å². The second-order valence-electron chi connectivity index (χ2n) is 6.54. The number of thioether (sulfide) groups is 1. The maximum atomic E-state index is 12.3. The Kier molecular flexibility index (Phi) is 6.52. The molecule has 0 bridgehead atoms. The quantitative estimate of drug-likeness (QED) is 0.155. The number of methoxy groups -OCH3 is 1. The van der Waals surface area contributed by atoms with Crippen molar-refractivity contribution in [2.75, 3.05) is 29.4 Å². The third-order valence-corrected chi connectivity index (χ3v) is 6.26. The minimum atomic E-state index is -0.208. The van der Waals surface area contributed by atoms with Crippen molar-refractivity contribution in [1.82, 2.24) is 19.9 Å². The summed E-state index contributed by atoms with van der Waals surface area (Å²) in [6, 6.07) is 15.2. The highest BCUT2D eigenvalue weighted by molar-refractivity contribution is 7.99. The fourth-order valence-electron chi connectivity index (χ4n) is 2.69. The zero-order valence-corrected chi connectivity index (χ0v) is 18.9. The fraction of sp³-hybridized carbons (Fsp3) is 0.150. The van der Waals surface area contributed by atoms with E-state index in [-0.39, 0.29) is 17.6 Å². The molecule has 0 saturated carbocycles. The molecule has 0 atom stereocenters. The maximum Gasteiger partial charge on any atom is 0.264 e. The van der Waals surface area contributed by atoms with Crippen LogP contribution in [0, 0.1) is 0 Å². The van der Waals surface area contributed by atoms with Crippen molar-refractivity contribution in [1.29, 1.82) is 0 Å². The number of anilines is 2. The van der Waals surface area contributed by atoms with Gasteiger partial charge >= 0.3 is 0 Å². The van der Waals surface area contributed by atoms with E-state index in [0.29, 0.717) is 10.3 Å². The molecule has 0 fully saturated rings. The van der Waals surface area contributed by atoms with Crippen LogP contribution in [0.1, 0.15) is 12.5 Å². The topological polar surface area (TPSA) is 132 Å². The van der Waals surface area contributed by atoms with Crippen LogP contribution >= 0.6 is 23.1 Å². The van der Waals surface area contributed by atoms with E-state index in [1.165, 1.54) is 16.0 Å². The van der Waals surface area contributed by atoms with E-state index >= 15 is 0 Å². The first-order chi connectivity index (χ1) is 15.5. The number of hydrogen-bond acceptors (Lipinski definition) is 10. The van der Waals surface area contributed by atoms with Crippen LogP contribution in [0.15, 0.2) is 58.8 Å². The molecule has 4 aromatic rings. The summed E-state index contributed by atoms with van der Waals surface area (Å²) in [6.07, 6.45) is 0. The zero-order chi connectivity index (χ0) is 22.5. The molecule has 1 amide bonds. The van der Waals surface area contributed by atoms with Gasteiger partial charge in [-0.15, -0.1) is 10.2 Å². The number of ether oxygens (including phenoxy) is 1. The van der Waals surface area contributed by atoms with Gasteiger partial charge in [-0.2, -0.15) is 5.10 Å².